The second-order valence-corrected chi connectivity index (χ2v) is 2.73. The fraction of sp³-hybridized carbons (Fsp3) is 0.400. The Morgan fingerprint density at radius 1 is 0.800 bits per heavy atom. The van der Waals surface area contributed by atoms with Crippen molar-refractivity contribution in [2.45, 2.75) is 27.7 Å². The molecule has 0 unspecified atom stereocenters. The normalized spacial score (nSPS) is 10.7. The summed E-state index contributed by atoms with van der Waals surface area (Å²) in [6.45, 7) is 5.39. The monoisotopic (exact) mass is 304 g/mol. The number of carbonyl (C=O) groups is 2. The minimum Gasteiger partial charge on any atom is -0.876 e. The van der Waals surface area contributed by atoms with Crippen molar-refractivity contribution in [2.24, 2.45) is 0 Å². The van der Waals surface area contributed by atoms with Gasteiger partial charge in [-0.1, -0.05) is 13.8 Å². The first kappa shape index (κ1) is 19.6. The molecule has 0 radical (unpaired) electrons. The van der Waals surface area contributed by atoms with Gasteiger partial charge in [0.05, 0.1) is 0 Å². The topological polar surface area (TPSA) is 80.3 Å². The zero-order valence-corrected chi connectivity index (χ0v) is 10.7. The number of allylic oxidation sites excluding steroid dienone is 4. The summed E-state index contributed by atoms with van der Waals surface area (Å²) < 4.78 is 0. The summed E-state index contributed by atoms with van der Waals surface area (Å²) in [5.74, 6) is -0.750. The van der Waals surface area contributed by atoms with Gasteiger partial charge in [0.2, 0.25) is 0 Å². The minimum absolute atomic E-state index is 0. The van der Waals surface area contributed by atoms with Gasteiger partial charge in [-0.2, -0.15) is 0 Å². The Balaban J connectivity index is -0.000000180. The van der Waals surface area contributed by atoms with Crippen molar-refractivity contribution in [3.05, 3.63) is 23.7 Å². The first-order valence-corrected chi connectivity index (χ1v) is 3.97. The van der Waals surface area contributed by atoms with Crippen LogP contribution in [-0.2, 0) is 30.0 Å². The molecule has 5 heteroatoms. The molecule has 0 bridgehead atoms. The molecule has 0 aliphatic carbocycles. The van der Waals surface area contributed by atoms with Gasteiger partial charge < -0.3 is 10.2 Å². The molecule has 88 valence electrons. The molecule has 0 aliphatic rings. The van der Waals surface area contributed by atoms with Crippen molar-refractivity contribution in [3.63, 3.8) is 0 Å². The Kier molecular flexibility index (Phi) is 14.6. The van der Waals surface area contributed by atoms with E-state index >= 15 is 0 Å². The van der Waals surface area contributed by atoms with Crippen LogP contribution >= 0.6 is 0 Å². The first-order chi connectivity index (χ1) is 6.25. The van der Waals surface area contributed by atoms with Crippen molar-refractivity contribution >= 4 is 11.6 Å². The Morgan fingerprint density at radius 2 is 1.00 bits per heavy atom. The van der Waals surface area contributed by atoms with E-state index in [4.69, 9.17) is 0 Å². The number of carbonyl (C=O) groups excluding carboxylic acids is 2. The number of hydrogen-bond donors (Lipinski definition) is 0. The standard InChI is InChI=1S/2C5H8O2.Pd/c2*1-4(6)3-5(2)7;/h2*3,6H,1-2H3;/q;;+2/p-2. The van der Waals surface area contributed by atoms with Gasteiger partial charge in [-0.15, -0.1) is 11.5 Å². The molecular formula is C10H14O4Pd. The second kappa shape index (κ2) is 11.2. The van der Waals surface area contributed by atoms with Crippen LogP contribution in [0.3, 0.4) is 0 Å². The first-order valence-electron chi connectivity index (χ1n) is 3.97. The predicted octanol–water partition coefficient (Wildman–Crippen LogP) is -0.324. The maximum absolute atomic E-state index is 9.98. The molecule has 0 heterocycles. The average molecular weight is 305 g/mol. The summed E-state index contributed by atoms with van der Waals surface area (Å²) in [5.41, 5.74) is 0. The van der Waals surface area contributed by atoms with Crippen LogP contribution in [0.2, 0.25) is 0 Å². The number of rotatable bonds is 2. The maximum atomic E-state index is 9.98. The molecule has 0 aromatic rings. The summed E-state index contributed by atoms with van der Waals surface area (Å²) in [6, 6.07) is 0. The molecule has 0 saturated carbocycles. The van der Waals surface area contributed by atoms with Gasteiger partial charge in [0.1, 0.15) is 0 Å². The smallest absolute Gasteiger partial charge is 0.876 e. The Morgan fingerprint density at radius 3 is 1.00 bits per heavy atom. The Labute approximate surface area is 103 Å². The Bertz CT molecular complexity index is 231. The van der Waals surface area contributed by atoms with Crippen molar-refractivity contribution in [1.82, 2.24) is 0 Å². The van der Waals surface area contributed by atoms with Gasteiger partial charge >= 0.3 is 20.4 Å². The second-order valence-electron chi connectivity index (χ2n) is 2.73. The molecule has 15 heavy (non-hydrogen) atoms. The largest absolute Gasteiger partial charge is 2.00 e. The average Bonchev–Trinajstić information content (AvgIpc) is 1.79. The molecule has 0 aromatic carbocycles. The van der Waals surface area contributed by atoms with Gasteiger partial charge in [0.15, 0.2) is 11.6 Å². The number of hydrogen-bond acceptors (Lipinski definition) is 4. The van der Waals surface area contributed by atoms with E-state index in [9.17, 15) is 19.8 Å². The van der Waals surface area contributed by atoms with Crippen LogP contribution in [0.5, 0.6) is 0 Å². The van der Waals surface area contributed by atoms with Crippen LogP contribution in [0.1, 0.15) is 27.7 Å². The van der Waals surface area contributed by atoms with E-state index < -0.39 is 0 Å². The van der Waals surface area contributed by atoms with E-state index in [1.807, 2.05) is 0 Å². The van der Waals surface area contributed by atoms with E-state index in [0.29, 0.717) is 0 Å². The summed E-state index contributed by atoms with van der Waals surface area (Å²) >= 11 is 0. The Hall–Kier alpha value is -0.918. The van der Waals surface area contributed by atoms with Gasteiger partial charge in [-0.3, -0.25) is 9.59 Å². The van der Waals surface area contributed by atoms with Crippen LogP contribution in [0, 0.1) is 0 Å². The van der Waals surface area contributed by atoms with Crippen molar-refractivity contribution in [3.8, 4) is 0 Å². The van der Waals surface area contributed by atoms with E-state index in [-0.39, 0.29) is 43.5 Å². The molecule has 4 nitrogen and oxygen atoms in total. The van der Waals surface area contributed by atoms with Gasteiger partial charge in [0.25, 0.3) is 0 Å². The summed E-state index contributed by atoms with van der Waals surface area (Å²) in [6.07, 6.45) is 2.11. The molecule has 0 fully saturated rings. The van der Waals surface area contributed by atoms with E-state index in [1.54, 1.807) is 0 Å². The van der Waals surface area contributed by atoms with Crippen LogP contribution in [0.25, 0.3) is 0 Å². The zero-order chi connectivity index (χ0) is 11.7. The van der Waals surface area contributed by atoms with Crippen LogP contribution in [0.15, 0.2) is 23.7 Å². The van der Waals surface area contributed by atoms with Gasteiger partial charge in [0, 0.05) is 0 Å². The molecule has 0 spiro atoms. The summed E-state index contributed by atoms with van der Waals surface area (Å²) in [5, 5.41) is 20.0. The SMILES string of the molecule is CC(=O)C=C(C)[O-].CC(=O)C=C(C)[O-].[Pd+2]. The van der Waals surface area contributed by atoms with Gasteiger partial charge in [-0.25, -0.2) is 0 Å². The molecule has 0 aliphatic heterocycles. The predicted molar refractivity (Wildman–Crippen MR) is 48.9 cm³/mol. The van der Waals surface area contributed by atoms with E-state index in [0.717, 1.165) is 12.2 Å². The molecule has 0 saturated heterocycles. The molecule has 0 aromatic heterocycles. The third kappa shape index (κ3) is 32.0. The third-order valence-corrected chi connectivity index (χ3v) is 0.813. The van der Waals surface area contributed by atoms with E-state index in [2.05, 4.69) is 0 Å². The summed E-state index contributed by atoms with van der Waals surface area (Å²) in [7, 11) is 0. The van der Waals surface area contributed by atoms with Crippen LogP contribution in [-0.4, -0.2) is 11.6 Å². The molecule has 0 N–H and O–H groups in total. The molecular weight excluding hydrogens is 291 g/mol. The molecule has 0 rings (SSSR count). The molecule has 0 atom stereocenters. The quantitative estimate of drug-likeness (QED) is 0.398. The van der Waals surface area contributed by atoms with Crippen molar-refractivity contribution in [2.75, 3.05) is 0 Å². The number of ketones is 2. The van der Waals surface area contributed by atoms with E-state index in [1.165, 1.54) is 27.7 Å². The fourth-order valence-corrected chi connectivity index (χ4v) is 0.572. The van der Waals surface area contributed by atoms with Crippen LogP contribution < -0.4 is 10.2 Å². The maximum Gasteiger partial charge on any atom is 2.00 e. The van der Waals surface area contributed by atoms with Crippen LogP contribution in [0.4, 0.5) is 0 Å². The molecule has 0 amide bonds. The zero-order valence-electron chi connectivity index (χ0n) is 9.10. The van der Waals surface area contributed by atoms with Crippen molar-refractivity contribution < 1.29 is 40.2 Å². The van der Waals surface area contributed by atoms with Gasteiger partial charge in [-0.05, 0) is 26.0 Å². The third-order valence-electron chi connectivity index (χ3n) is 0.813. The van der Waals surface area contributed by atoms with Crippen molar-refractivity contribution in [1.29, 1.82) is 0 Å². The minimum atomic E-state index is -0.187. The fourth-order valence-electron chi connectivity index (χ4n) is 0.572. The summed E-state index contributed by atoms with van der Waals surface area (Å²) in [4.78, 5) is 20.0.